The van der Waals surface area contributed by atoms with Crippen molar-refractivity contribution in [3.05, 3.63) is 47.5 Å². The van der Waals surface area contributed by atoms with Gasteiger partial charge in [-0.25, -0.2) is 14.5 Å². The minimum absolute atomic E-state index is 0.0105. The Morgan fingerprint density at radius 3 is 2.56 bits per heavy atom. The van der Waals surface area contributed by atoms with E-state index in [1.54, 1.807) is 0 Å². The molecule has 1 aliphatic heterocycles. The highest BCUT2D eigenvalue weighted by molar-refractivity contribution is 6.17. The molecule has 2 rings (SSSR count). The van der Waals surface area contributed by atoms with Crippen molar-refractivity contribution in [1.29, 1.82) is 0 Å². The largest absolute Gasteiger partial charge is 0.479 e. The Labute approximate surface area is 155 Å². The first-order valence-corrected chi connectivity index (χ1v) is 8.30. The lowest BCUT2D eigenvalue weighted by Crippen LogP contribution is -2.64. The molecule has 1 aliphatic rings. The van der Waals surface area contributed by atoms with Gasteiger partial charge in [-0.1, -0.05) is 43.3 Å². The van der Waals surface area contributed by atoms with Crippen LogP contribution in [0.1, 0.15) is 24.9 Å². The second-order valence-electron chi connectivity index (χ2n) is 5.80. The number of benzene rings is 1. The van der Waals surface area contributed by atoms with E-state index in [1.165, 1.54) is 6.08 Å². The summed E-state index contributed by atoms with van der Waals surface area (Å²) in [4.78, 5) is 37.0. The number of hydrogen-bond donors (Lipinski definition) is 5. The first-order valence-electron chi connectivity index (χ1n) is 8.30. The van der Waals surface area contributed by atoms with E-state index in [1.807, 2.05) is 37.3 Å². The van der Waals surface area contributed by atoms with E-state index in [2.05, 4.69) is 15.8 Å². The molecule has 10 heteroatoms. The Bertz CT molecular complexity index is 773. The number of aliphatic carboxylic acids is 1. The number of guanidine groups is 1. The van der Waals surface area contributed by atoms with Gasteiger partial charge >= 0.3 is 12.0 Å². The van der Waals surface area contributed by atoms with Crippen LogP contribution in [0.3, 0.4) is 0 Å². The summed E-state index contributed by atoms with van der Waals surface area (Å²) in [5, 5.41) is 15.6. The Hall–Kier alpha value is -3.56. The molecule has 0 radical (unpaired) electrons. The molecule has 2 atom stereocenters. The predicted octanol–water partition coefficient (Wildman–Crippen LogP) is -0.153. The molecular formula is C17H22N6O4. The van der Waals surface area contributed by atoms with Gasteiger partial charge in [0, 0.05) is 5.57 Å². The summed E-state index contributed by atoms with van der Waals surface area (Å²) < 4.78 is 0. The van der Waals surface area contributed by atoms with E-state index in [0.717, 1.165) is 5.56 Å². The number of imide groups is 1. The van der Waals surface area contributed by atoms with Gasteiger partial charge in [0.2, 0.25) is 5.96 Å². The fourth-order valence-electron chi connectivity index (χ4n) is 2.72. The predicted molar refractivity (Wildman–Crippen MR) is 98.2 cm³/mol. The summed E-state index contributed by atoms with van der Waals surface area (Å²) in [6.45, 7) is 1.92. The van der Waals surface area contributed by atoms with Gasteiger partial charge in [0.05, 0.1) is 12.6 Å². The van der Waals surface area contributed by atoms with Crippen molar-refractivity contribution < 1.29 is 19.5 Å². The van der Waals surface area contributed by atoms with Crippen molar-refractivity contribution in [3.8, 4) is 0 Å². The topological polar surface area (TPSA) is 163 Å². The van der Waals surface area contributed by atoms with E-state index in [0.29, 0.717) is 11.3 Å². The first-order chi connectivity index (χ1) is 12.9. The summed E-state index contributed by atoms with van der Waals surface area (Å²) in [6.07, 6.45) is 1.92. The molecule has 1 aromatic rings. The molecule has 0 spiro atoms. The molecule has 144 valence electrons. The summed E-state index contributed by atoms with van der Waals surface area (Å²) in [7, 11) is 0. The van der Waals surface area contributed by atoms with E-state index in [9.17, 15) is 19.5 Å². The fourth-order valence-corrected chi connectivity index (χ4v) is 2.72. The van der Waals surface area contributed by atoms with Crippen molar-refractivity contribution in [1.82, 2.24) is 15.6 Å². The third kappa shape index (κ3) is 4.54. The molecule has 27 heavy (non-hydrogen) atoms. The van der Waals surface area contributed by atoms with Crippen LogP contribution in [0.2, 0.25) is 0 Å². The Morgan fingerprint density at radius 1 is 1.33 bits per heavy atom. The Morgan fingerprint density at radius 2 is 2.00 bits per heavy atom. The number of carbonyl (C=O) groups is 3. The van der Waals surface area contributed by atoms with Gasteiger partial charge in [-0.05, 0) is 12.0 Å². The lowest BCUT2D eigenvalue weighted by molar-refractivity contribution is -0.151. The van der Waals surface area contributed by atoms with Gasteiger partial charge in [0.15, 0.2) is 6.04 Å². The summed E-state index contributed by atoms with van der Waals surface area (Å²) in [6, 6.07) is 6.78. The third-order valence-corrected chi connectivity index (χ3v) is 4.00. The van der Waals surface area contributed by atoms with Crippen LogP contribution in [0.25, 0.3) is 0 Å². The van der Waals surface area contributed by atoms with Crippen LogP contribution in [0.5, 0.6) is 0 Å². The number of carbonyl (C=O) groups excluding carboxylic acids is 2. The standard InChI is InChI=1S/C17H22N6O4/c1-2-12(10-6-4-3-5-7-10)21-17(27)23-13(15(25)26)11(14(23)24)8-9-20-22-16(18)19/h3-8,12-13,20H,2,9H2,1H3,(H,21,27)(H,25,26)(H4,18,19,22)/t12-,13+/m1/s1. The van der Waals surface area contributed by atoms with Crippen molar-refractivity contribution in [2.45, 2.75) is 25.4 Å². The number of carboxylic acids is 1. The number of rotatable bonds is 7. The van der Waals surface area contributed by atoms with Gasteiger partial charge in [-0.3, -0.25) is 4.79 Å². The zero-order valence-corrected chi connectivity index (χ0v) is 14.8. The fraction of sp³-hybridized carbons (Fsp3) is 0.294. The van der Waals surface area contributed by atoms with Gasteiger partial charge in [0.1, 0.15) is 0 Å². The molecule has 0 aliphatic carbocycles. The molecule has 7 N–H and O–H groups in total. The van der Waals surface area contributed by atoms with Gasteiger partial charge < -0.3 is 27.3 Å². The Kier molecular flexibility index (Phi) is 6.36. The van der Waals surface area contributed by atoms with Crippen LogP contribution in [0.15, 0.2) is 47.1 Å². The number of hydrogen-bond acceptors (Lipinski definition) is 5. The van der Waals surface area contributed by atoms with Crippen LogP contribution in [-0.2, 0) is 9.59 Å². The summed E-state index contributed by atoms with van der Waals surface area (Å²) >= 11 is 0. The SMILES string of the molecule is CC[C@@H](NC(=O)N1C(=O)C(=CCNN=C(N)N)[C@H]1C(=O)O)c1ccccc1. The molecule has 3 amide bonds. The number of β-lactam (4-membered cyclic amide) rings is 1. The lowest BCUT2D eigenvalue weighted by atomic mass is 9.94. The zero-order chi connectivity index (χ0) is 20.0. The maximum atomic E-state index is 12.5. The van der Waals surface area contributed by atoms with E-state index < -0.39 is 23.9 Å². The zero-order valence-electron chi connectivity index (χ0n) is 14.8. The Balaban J connectivity index is 2.09. The highest BCUT2D eigenvalue weighted by Gasteiger charge is 2.50. The van der Waals surface area contributed by atoms with Gasteiger partial charge in [-0.2, -0.15) is 0 Å². The molecule has 1 aromatic carbocycles. The number of nitrogens with two attached hydrogens (primary N) is 2. The third-order valence-electron chi connectivity index (χ3n) is 4.00. The number of urea groups is 1. The first kappa shape index (κ1) is 19.8. The number of nitrogens with zero attached hydrogens (tertiary/aromatic N) is 2. The van der Waals surface area contributed by atoms with Gasteiger partial charge in [-0.15, -0.1) is 5.10 Å². The van der Waals surface area contributed by atoms with E-state index in [-0.39, 0.29) is 24.1 Å². The molecule has 1 fully saturated rings. The van der Waals surface area contributed by atoms with Crippen molar-refractivity contribution >= 4 is 23.9 Å². The van der Waals surface area contributed by atoms with Crippen LogP contribution in [0, 0.1) is 0 Å². The average molecular weight is 374 g/mol. The quantitative estimate of drug-likeness (QED) is 0.111. The second kappa shape index (κ2) is 8.70. The highest BCUT2D eigenvalue weighted by Crippen LogP contribution is 2.27. The minimum atomic E-state index is -1.35. The van der Waals surface area contributed by atoms with E-state index >= 15 is 0 Å². The van der Waals surface area contributed by atoms with Crippen LogP contribution in [0.4, 0.5) is 4.79 Å². The number of nitrogens with one attached hydrogen (secondary N) is 2. The number of hydrazone groups is 1. The van der Waals surface area contributed by atoms with Crippen LogP contribution >= 0.6 is 0 Å². The molecule has 0 bridgehead atoms. The maximum absolute atomic E-state index is 12.5. The second-order valence-corrected chi connectivity index (χ2v) is 5.80. The number of amides is 3. The molecule has 1 heterocycles. The van der Waals surface area contributed by atoms with Crippen molar-refractivity contribution in [2.24, 2.45) is 16.6 Å². The monoisotopic (exact) mass is 374 g/mol. The van der Waals surface area contributed by atoms with Crippen molar-refractivity contribution in [2.75, 3.05) is 6.54 Å². The van der Waals surface area contributed by atoms with Crippen molar-refractivity contribution in [3.63, 3.8) is 0 Å². The van der Waals surface area contributed by atoms with Crippen LogP contribution in [-0.4, -0.2) is 46.5 Å². The number of carboxylic acid groups (broad SMARTS) is 1. The smallest absolute Gasteiger partial charge is 0.331 e. The average Bonchev–Trinajstić information content (AvgIpc) is 2.63. The minimum Gasteiger partial charge on any atom is -0.479 e. The molecule has 10 nitrogen and oxygen atoms in total. The summed E-state index contributed by atoms with van der Waals surface area (Å²) in [5.41, 5.74) is 13.6. The molecular weight excluding hydrogens is 352 g/mol. The molecule has 0 aromatic heterocycles. The van der Waals surface area contributed by atoms with Gasteiger partial charge in [0.25, 0.3) is 5.91 Å². The van der Waals surface area contributed by atoms with Crippen LogP contribution < -0.4 is 22.2 Å². The molecule has 0 saturated carbocycles. The lowest BCUT2D eigenvalue weighted by Gasteiger charge is -2.38. The normalized spacial score (nSPS) is 18.4. The molecule has 1 saturated heterocycles. The molecule has 0 unspecified atom stereocenters. The summed E-state index contributed by atoms with van der Waals surface area (Å²) in [5.74, 6) is -2.17. The maximum Gasteiger partial charge on any atom is 0.331 e. The highest BCUT2D eigenvalue weighted by atomic mass is 16.4. The number of likely N-dealkylation sites (tertiary alicyclic amines) is 1. The van der Waals surface area contributed by atoms with E-state index in [4.69, 9.17) is 11.5 Å².